The van der Waals surface area contributed by atoms with Gasteiger partial charge in [-0.25, -0.2) is 0 Å². The smallest absolute Gasteiger partial charge is 0.293 e. The zero-order valence-electron chi connectivity index (χ0n) is 18.6. The molecule has 0 saturated carbocycles. The van der Waals surface area contributed by atoms with Gasteiger partial charge >= 0.3 is 0 Å². The van der Waals surface area contributed by atoms with Gasteiger partial charge in [0.15, 0.2) is 0 Å². The van der Waals surface area contributed by atoms with E-state index in [4.69, 9.17) is 4.74 Å². The molecule has 0 bridgehead atoms. The number of anilines is 3. The van der Waals surface area contributed by atoms with E-state index in [1.807, 2.05) is 18.2 Å². The Kier molecular flexibility index (Phi) is 6.84. The average Bonchev–Trinajstić information content (AvgIpc) is 2.86. The predicted molar refractivity (Wildman–Crippen MR) is 129 cm³/mol. The van der Waals surface area contributed by atoms with E-state index in [9.17, 15) is 19.7 Å². The molecular weight excluding hydrogens is 436 g/mol. The molecule has 9 nitrogen and oxygen atoms in total. The summed E-state index contributed by atoms with van der Waals surface area (Å²) in [6, 6.07) is 18.4. The predicted octanol–water partition coefficient (Wildman–Crippen LogP) is 4.37. The van der Waals surface area contributed by atoms with Gasteiger partial charge in [-0.1, -0.05) is 24.3 Å². The molecule has 0 spiro atoms. The molecule has 1 aliphatic rings. The summed E-state index contributed by atoms with van der Waals surface area (Å²) >= 11 is 0. The lowest BCUT2D eigenvalue weighted by Gasteiger charge is -2.27. The van der Waals surface area contributed by atoms with Crippen LogP contribution >= 0.6 is 0 Å². The maximum Gasteiger partial charge on any atom is 0.293 e. The summed E-state index contributed by atoms with van der Waals surface area (Å²) < 4.78 is 5.31. The number of carbonyl (C=O) groups is 2. The van der Waals surface area contributed by atoms with Crippen molar-refractivity contribution in [2.24, 2.45) is 0 Å². The van der Waals surface area contributed by atoms with Crippen molar-refractivity contribution in [1.29, 1.82) is 0 Å². The van der Waals surface area contributed by atoms with Crippen molar-refractivity contribution in [1.82, 2.24) is 4.90 Å². The van der Waals surface area contributed by atoms with E-state index in [2.05, 4.69) is 10.6 Å². The first-order chi connectivity index (χ1) is 16.4. The number of rotatable bonds is 6. The number of nitrogens with zero attached hydrogens (tertiary/aromatic N) is 2. The molecule has 34 heavy (non-hydrogen) atoms. The molecule has 2 amide bonds. The average molecular weight is 460 g/mol. The summed E-state index contributed by atoms with van der Waals surface area (Å²) in [5, 5.41) is 17.4. The highest BCUT2D eigenvalue weighted by molar-refractivity contribution is 6.06. The van der Waals surface area contributed by atoms with E-state index in [1.54, 1.807) is 42.2 Å². The van der Waals surface area contributed by atoms with Crippen LogP contribution in [-0.2, 0) is 4.74 Å². The Bertz CT molecular complexity index is 1220. The molecule has 4 rings (SSSR count). The van der Waals surface area contributed by atoms with Crippen LogP contribution in [0.15, 0.2) is 66.7 Å². The Hall–Kier alpha value is -4.24. The second kappa shape index (κ2) is 10.1. The molecule has 1 heterocycles. The molecule has 9 heteroatoms. The number of nitrogens with one attached hydrogen (secondary N) is 2. The van der Waals surface area contributed by atoms with Crippen molar-refractivity contribution < 1.29 is 19.2 Å². The van der Waals surface area contributed by atoms with Crippen LogP contribution in [0.1, 0.15) is 26.3 Å². The van der Waals surface area contributed by atoms with Crippen LogP contribution in [0.3, 0.4) is 0 Å². The van der Waals surface area contributed by atoms with Gasteiger partial charge in [-0.05, 0) is 48.9 Å². The third-order valence-corrected chi connectivity index (χ3v) is 5.62. The Balaban J connectivity index is 1.55. The Morgan fingerprint density at radius 1 is 0.971 bits per heavy atom. The van der Waals surface area contributed by atoms with Gasteiger partial charge in [-0.15, -0.1) is 0 Å². The molecule has 2 N–H and O–H groups in total. The fraction of sp³-hybridized carbons (Fsp3) is 0.200. The highest BCUT2D eigenvalue weighted by atomic mass is 16.6. The molecule has 3 aromatic rings. The van der Waals surface area contributed by atoms with Crippen molar-refractivity contribution in [3.63, 3.8) is 0 Å². The molecule has 0 atom stereocenters. The number of ether oxygens (including phenoxy) is 1. The highest BCUT2D eigenvalue weighted by Gasteiger charge is 2.22. The van der Waals surface area contributed by atoms with E-state index in [1.165, 1.54) is 18.2 Å². The minimum atomic E-state index is -0.533. The summed E-state index contributed by atoms with van der Waals surface area (Å²) in [5.74, 6) is -0.627. The molecule has 1 saturated heterocycles. The highest BCUT2D eigenvalue weighted by Crippen LogP contribution is 2.29. The summed E-state index contributed by atoms with van der Waals surface area (Å²) in [5.41, 5.74) is 2.48. The molecule has 174 valence electrons. The van der Waals surface area contributed by atoms with Gasteiger partial charge in [-0.3, -0.25) is 19.7 Å². The second-order valence-electron chi connectivity index (χ2n) is 7.82. The Morgan fingerprint density at radius 2 is 1.71 bits per heavy atom. The normalized spacial score (nSPS) is 13.3. The topological polar surface area (TPSA) is 114 Å². The number of carbonyl (C=O) groups excluding carboxylic acids is 2. The van der Waals surface area contributed by atoms with Crippen LogP contribution in [-0.4, -0.2) is 47.9 Å². The standard InChI is InChI=1S/C25H24N4O5/c1-17-20(25(31)28-12-14-34-15-13-28)8-5-9-21(17)27-24(30)18-10-11-22(23(16-18)29(32)33)26-19-6-3-2-4-7-19/h2-11,16,26H,12-15H2,1H3,(H,27,30). The lowest BCUT2D eigenvalue weighted by molar-refractivity contribution is -0.383. The van der Waals surface area contributed by atoms with Crippen LogP contribution in [0, 0.1) is 17.0 Å². The molecule has 0 unspecified atom stereocenters. The van der Waals surface area contributed by atoms with E-state index in [0.29, 0.717) is 48.8 Å². The van der Waals surface area contributed by atoms with Gasteiger partial charge in [-0.2, -0.15) is 0 Å². The van der Waals surface area contributed by atoms with Gasteiger partial charge in [0.2, 0.25) is 0 Å². The van der Waals surface area contributed by atoms with Gasteiger partial charge in [0, 0.05) is 41.7 Å². The number of morpholine rings is 1. The number of nitro groups is 1. The van der Waals surface area contributed by atoms with Crippen molar-refractivity contribution in [3.05, 3.63) is 93.5 Å². The van der Waals surface area contributed by atoms with Crippen LogP contribution in [0.4, 0.5) is 22.7 Å². The van der Waals surface area contributed by atoms with E-state index in [-0.39, 0.29) is 22.8 Å². The van der Waals surface area contributed by atoms with Crippen LogP contribution in [0.2, 0.25) is 0 Å². The van der Waals surface area contributed by atoms with Crippen LogP contribution < -0.4 is 10.6 Å². The number of benzene rings is 3. The lowest BCUT2D eigenvalue weighted by atomic mass is 10.0. The summed E-state index contributed by atoms with van der Waals surface area (Å²) in [6.07, 6.45) is 0. The summed E-state index contributed by atoms with van der Waals surface area (Å²) in [7, 11) is 0. The zero-order valence-corrected chi connectivity index (χ0v) is 18.6. The first-order valence-corrected chi connectivity index (χ1v) is 10.8. The first-order valence-electron chi connectivity index (χ1n) is 10.8. The summed E-state index contributed by atoms with van der Waals surface area (Å²) in [4.78, 5) is 38.7. The van der Waals surface area contributed by atoms with Crippen molar-refractivity contribution in [3.8, 4) is 0 Å². The third kappa shape index (κ3) is 5.05. The molecule has 1 fully saturated rings. The van der Waals surface area contributed by atoms with Gasteiger partial charge in [0.25, 0.3) is 17.5 Å². The molecule has 3 aromatic carbocycles. The summed E-state index contributed by atoms with van der Waals surface area (Å²) in [6.45, 7) is 3.78. The van der Waals surface area contributed by atoms with Crippen LogP contribution in [0.5, 0.6) is 0 Å². The fourth-order valence-corrected chi connectivity index (χ4v) is 3.74. The third-order valence-electron chi connectivity index (χ3n) is 5.62. The first kappa shape index (κ1) is 22.9. The molecule has 1 aliphatic heterocycles. The van der Waals surface area contributed by atoms with Crippen molar-refractivity contribution >= 4 is 34.6 Å². The minimum absolute atomic E-state index is 0.121. The van der Waals surface area contributed by atoms with Gasteiger partial charge < -0.3 is 20.3 Å². The van der Waals surface area contributed by atoms with Crippen LogP contribution in [0.25, 0.3) is 0 Å². The Morgan fingerprint density at radius 3 is 2.41 bits per heavy atom. The number of hydrogen-bond acceptors (Lipinski definition) is 6. The maximum atomic E-state index is 12.9. The molecule has 0 aliphatic carbocycles. The molecule has 0 radical (unpaired) electrons. The number of para-hydroxylation sites is 1. The monoisotopic (exact) mass is 460 g/mol. The zero-order chi connectivity index (χ0) is 24.1. The number of amides is 2. The van der Waals surface area contributed by atoms with Crippen molar-refractivity contribution in [2.45, 2.75) is 6.92 Å². The molecular formula is C25H24N4O5. The Labute approximate surface area is 196 Å². The fourth-order valence-electron chi connectivity index (χ4n) is 3.74. The quantitative estimate of drug-likeness (QED) is 0.417. The maximum absolute atomic E-state index is 12.9. The SMILES string of the molecule is Cc1c(NC(=O)c2ccc(Nc3ccccc3)c([N+](=O)[O-])c2)cccc1C(=O)N1CCOCC1. The lowest BCUT2D eigenvalue weighted by Crippen LogP contribution is -2.41. The van der Waals surface area contributed by atoms with Gasteiger partial charge in [0.05, 0.1) is 18.1 Å². The largest absolute Gasteiger partial charge is 0.378 e. The molecule has 0 aromatic heterocycles. The van der Waals surface area contributed by atoms with E-state index in [0.717, 1.165) is 0 Å². The van der Waals surface area contributed by atoms with Gasteiger partial charge in [0.1, 0.15) is 5.69 Å². The minimum Gasteiger partial charge on any atom is -0.378 e. The number of nitro benzene ring substituents is 1. The number of hydrogen-bond donors (Lipinski definition) is 2. The van der Waals surface area contributed by atoms with E-state index < -0.39 is 10.8 Å². The van der Waals surface area contributed by atoms with E-state index >= 15 is 0 Å². The second-order valence-corrected chi connectivity index (χ2v) is 7.82. The van der Waals surface area contributed by atoms with Crippen molar-refractivity contribution in [2.75, 3.05) is 36.9 Å².